The zero-order chi connectivity index (χ0) is 14.8. The highest BCUT2D eigenvalue weighted by molar-refractivity contribution is 7.12. The fourth-order valence-corrected chi connectivity index (χ4v) is 2.96. The summed E-state index contributed by atoms with van der Waals surface area (Å²) < 4.78 is 1.85. The van der Waals surface area contributed by atoms with Gasteiger partial charge >= 0.3 is 0 Å². The number of nitrogens with one attached hydrogen (secondary N) is 1. The first-order chi connectivity index (χ1) is 10.1. The standard InChI is InChI=1S/C15H14N4OS/c1-10-16-8-14(17-11(2)20)19(10)15-18-13(9-21-15)12-6-4-3-5-7-12/h3-9H,1-2H3,(H,17,20). The van der Waals surface area contributed by atoms with Crippen LogP contribution in [0.4, 0.5) is 5.82 Å². The van der Waals surface area contributed by atoms with Crippen LogP contribution >= 0.6 is 11.3 Å². The topological polar surface area (TPSA) is 59.8 Å². The molecule has 0 saturated carbocycles. The first-order valence-electron chi connectivity index (χ1n) is 6.48. The van der Waals surface area contributed by atoms with Gasteiger partial charge in [0.25, 0.3) is 0 Å². The second kappa shape index (κ2) is 5.49. The lowest BCUT2D eigenvalue weighted by molar-refractivity contribution is -0.114. The Kier molecular flexibility index (Phi) is 3.53. The van der Waals surface area contributed by atoms with E-state index in [1.807, 2.05) is 47.2 Å². The molecule has 0 aliphatic rings. The number of carbonyl (C=O) groups excluding carboxylic acids is 1. The van der Waals surface area contributed by atoms with Crippen molar-refractivity contribution in [3.05, 3.63) is 47.7 Å². The van der Waals surface area contributed by atoms with E-state index in [1.165, 1.54) is 18.3 Å². The highest BCUT2D eigenvalue weighted by Gasteiger charge is 2.13. The Morgan fingerprint density at radius 3 is 2.76 bits per heavy atom. The van der Waals surface area contributed by atoms with Crippen LogP contribution in [0.25, 0.3) is 16.4 Å². The summed E-state index contributed by atoms with van der Waals surface area (Å²) in [5, 5.41) is 5.56. The van der Waals surface area contributed by atoms with Crippen LogP contribution in [0.2, 0.25) is 0 Å². The molecule has 2 aromatic heterocycles. The van der Waals surface area contributed by atoms with Gasteiger partial charge in [-0.1, -0.05) is 30.3 Å². The van der Waals surface area contributed by atoms with Crippen molar-refractivity contribution >= 4 is 23.1 Å². The fraction of sp³-hybridized carbons (Fsp3) is 0.133. The minimum atomic E-state index is -0.129. The zero-order valence-corrected chi connectivity index (χ0v) is 12.5. The number of nitrogens with zero attached hydrogens (tertiary/aromatic N) is 3. The summed E-state index contributed by atoms with van der Waals surface area (Å²) in [7, 11) is 0. The van der Waals surface area contributed by atoms with E-state index in [9.17, 15) is 4.79 Å². The fourth-order valence-electron chi connectivity index (χ4n) is 2.06. The molecule has 5 nitrogen and oxygen atoms in total. The normalized spacial score (nSPS) is 10.6. The van der Waals surface area contributed by atoms with Crippen molar-refractivity contribution in [2.24, 2.45) is 0 Å². The van der Waals surface area contributed by atoms with Crippen LogP contribution in [0, 0.1) is 6.92 Å². The maximum Gasteiger partial charge on any atom is 0.222 e. The smallest absolute Gasteiger partial charge is 0.222 e. The molecule has 0 radical (unpaired) electrons. The lowest BCUT2D eigenvalue weighted by Gasteiger charge is -2.06. The Labute approximate surface area is 126 Å². The number of hydrogen-bond donors (Lipinski definition) is 1. The average molecular weight is 298 g/mol. The van der Waals surface area contributed by atoms with Gasteiger partial charge in [-0.2, -0.15) is 0 Å². The Balaban J connectivity index is 2.01. The molecule has 0 aliphatic heterocycles. The third-order valence-corrected chi connectivity index (χ3v) is 3.82. The third-order valence-electron chi connectivity index (χ3n) is 3.00. The van der Waals surface area contributed by atoms with Crippen LogP contribution < -0.4 is 5.32 Å². The van der Waals surface area contributed by atoms with Crippen LogP contribution in [-0.2, 0) is 4.79 Å². The summed E-state index contributed by atoms with van der Waals surface area (Å²) in [5.41, 5.74) is 1.98. The van der Waals surface area contributed by atoms with E-state index in [4.69, 9.17) is 0 Å². The molecule has 3 aromatic rings. The van der Waals surface area contributed by atoms with Crippen LogP contribution in [0.5, 0.6) is 0 Å². The van der Waals surface area contributed by atoms with Crippen molar-refractivity contribution in [3.63, 3.8) is 0 Å². The molecule has 0 spiro atoms. The lowest BCUT2D eigenvalue weighted by Crippen LogP contribution is -2.10. The van der Waals surface area contributed by atoms with E-state index in [2.05, 4.69) is 15.3 Å². The molecule has 0 saturated heterocycles. The molecule has 0 aliphatic carbocycles. The molecule has 106 valence electrons. The highest BCUT2D eigenvalue weighted by Crippen LogP contribution is 2.27. The van der Waals surface area contributed by atoms with Crippen molar-refractivity contribution in [1.29, 1.82) is 0 Å². The summed E-state index contributed by atoms with van der Waals surface area (Å²) in [6.45, 7) is 3.36. The van der Waals surface area contributed by atoms with Crippen LogP contribution in [0.3, 0.4) is 0 Å². The molecule has 1 aromatic carbocycles. The van der Waals surface area contributed by atoms with Gasteiger partial charge in [0.15, 0.2) is 5.13 Å². The summed E-state index contributed by atoms with van der Waals surface area (Å²) in [6, 6.07) is 9.99. The van der Waals surface area contributed by atoms with Crippen molar-refractivity contribution in [3.8, 4) is 16.4 Å². The van der Waals surface area contributed by atoms with Gasteiger partial charge in [-0.25, -0.2) is 9.97 Å². The molecule has 0 bridgehead atoms. The van der Waals surface area contributed by atoms with Gasteiger partial charge in [0, 0.05) is 17.9 Å². The Hall–Kier alpha value is -2.47. The Bertz CT molecular complexity index is 776. The monoisotopic (exact) mass is 298 g/mol. The van der Waals surface area contributed by atoms with E-state index >= 15 is 0 Å². The summed E-state index contributed by atoms with van der Waals surface area (Å²) in [5.74, 6) is 1.29. The number of carbonyl (C=O) groups is 1. The van der Waals surface area contributed by atoms with Crippen molar-refractivity contribution in [1.82, 2.24) is 14.5 Å². The van der Waals surface area contributed by atoms with E-state index in [1.54, 1.807) is 6.20 Å². The summed E-state index contributed by atoms with van der Waals surface area (Å²) in [6.07, 6.45) is 1.64. The zero-order valence-electron chi connectivity index (χ0n) is 11.7. The average Bonchev–Trinajstić information content (AvgIpc) is 3.06. The predicted molar refractivity (Wildman–Crippen MR) is 83.7 cm³/mol. The Morgan fingerprint density at radius 1 is 1.29 bits per heavy atom. The minimum Gasteiger partial charge on any atom is -0.311 e. The molecule has 1 amide bonds. The predicted octanol–water partition coefficient (Wildman–Crippen LogP) is 3.26. The molecule has 0 unspecified atom stereocenters. The maximum atomic E-state index is 11.3. The van der Waals surface area contributed by atoms with Gasteiger partial charge in [0.05, 0.1) is 11.9 Å². The summed E-state index contributed by atoms with van der Waals surface area (Å²) >= 11 is 1.52. The van der Waals surface area contributed by atoms with Crippen LogP contribution in [0.1, 0.15) is 12.7 Å². The van der Waals surface area contributed by atoms with Gasteiger partial charge < -0.3 is 5.32 Å². The second-order valence-electron chi connectivity index (χ2n) is 4.59. The number of thiazole rings is 1. The number of hydrogen-bond acceptors (Lipinski definition) is 4. The lowest BCUT2D eigenvalue weighted by atomic mass is 10.2. The van der Waals surface area contributed by atoms with Crippen molar-refractivity contribution < 1.29 is 4.79 Å². The molecule has 3 rings (SSSR count). The van der Waals surface area contributed by atoms with Crippen LogP contribution in [-0.4, -0.2) is 20.4 Å². The SMILES string of the molecule is CC(=O)Nc1cnc(C)n1-c1nc(-c2ccccc2)cs1. The maximum absolute atomic E-state index is 11.3. The number of imidazole rings is 1. The molecule has 0 fully saturated rings. The largest absolute Gasteiger partial charge is 0.311 e. The third kappa shape index (κ3) is 2.71. The molecule has 0 atom stereocenters. The highest BCUT2D eigenvalue weighted by atomic mass is 32.1. The molecule has 6 heteroatoms. The van der Waals surface area contributed by atoms with E-state index in [-0.39, 0.29) is 5.91 Å². The molecule has 2 heterocycles. The quantitative estimate of drug-likeness (QED) is 0.807. The van der Waals surface area contributed by atoms with Gasteiger partial charge in [-0.05, 0) is 6.92 Å². The van der Waals surface area contributed by atoms with Crippen LogP contribution in [0.15, 0.2) is 41.9 Å². The van der Waals surface area contributed by atoms with Gasteiger partial charge in [-0.15, -0.1) is 11.3 Å². The number of aromatic nitrogens is 3. The van der Waals surface area contributed by atoms with Gasteiger partial charge in [0.2, 0.25) is 5.91 Å². The number of rotatable bonds is 3. The first kappa shape index (κ1) is 13.5. The van der Waals surface area contributed by atoms with Gasteiger partial charge in [0.1, 0.15) is 11.6 Å². The number of aryl methyl sites for hydroxylation is 1. The van der Waals surface area contributed by atoms with E-state index in [0.29, 0.717) is 5.82 Å². The van der Waals surface area contributed by atoms with Gasteiger partial charge in [-0.3, -0.25) is 9.36 Å². The minimum absolute atomic E-state index is 0.129. The molecular weight excluding hydrogens is 284 g/mol. The molecule has 1 N–H and O–H groups in total. The van der Waals surface area contributed by atoms with Crippen molar-refractivity contribution in [2.45, 2.75) is 13.8 Å². The molecular formula is C15H14N4OS. The summed E-state index contributed by atoms with van der Waals surface area (Å²) in [4.78, 5) is 20.1. The number of benzene rings is 1. The van der Waals surface area contributed by atoms with E-state index < -0.39 is 0 Å². The number of amides is 1. The van der Waals surface area contributed by atoms with E-state index in [0.717, 1.165) is 22.2 Å². The second-order valence-corrected chi connectivity index (χ2v) is 5.43. The number of anilines is 1. The first-order valence-corrected chi connectivity index (χ1v) is 7.36. The Morgan fingerprint density at radius 2 is 2.05 bits per heavy atom. The van der Waals surface area contributed by atoms with Crippen molar-refractivity contribution in [2.75, 3.05) is 5.32 Å². The molecule has 21 heavy (non-hydrogen) atoms.